The van der Waals surface area contributed by atoms with Gasteiger partial charge in [0.05, 0.1) is 23.7 Å². The molecule has 3 unspecified atom stereocenters. The average molecular weight is 232 g/mol. The zero-order valence-corrected chi connectivity index (χ0v) is 10.3. The number of aliphatic hydroxyl groups is 1. The second kappa shape index (κ2) is 4.30. The molecule has 0 bridgehead atoms. The van der Waals surface area contributed by atoms with Crippen molar-refractivity contribution in [2.24, 2.45) is 11.8 Å². The molecule has 1 saturated carbocycles. The number of nitrogens with zero attached hydrogens (tertiary/aromatic N) is 2. The van der Waals surface area contributed by atoms with Gasteiger partial charge in [0.25, 0.3) is 0 Å². The minimum Gasteiger partial charge on any atom is -0.387 e. The van der Waals surface area contributed by atoms with Crippen molar-refractivity contribution < 1.29 is 5.11 Å². The SMILES string of the molecule is CC(O)c1ccc(N2CC3CCCC3C2)cn1. The molecule has 17 heavy (non-hydrogen) atoms. The van der Waals surface area contributed by atoms with Crippen LogP contribution >= 0.6 is 0 Å². The Labute approximate surface area is 102 Å². The van der Waals surface area contributed by atoms with E-state index >= 15 is 0 Å². The Kier molecular flexibility index (Phi) is 2.79. The molecule has 0 aromatic carbocycles. The quantitative estimate of drug-likeness (QED) is 0.850. The Morgan fingerprint density at radius 3 is 2.53 bits per heavy atom. The maximum Gasteiger partial charge on any atom is 0.0931 e. The van der Waals surface area contributed by atoms with E-state index in [0.29, 0.717) is 0 Å². The molecule has 1 aliphatic carbocycles. The van der Waals surface area contributed by atoms with Gasteiger partial charge in [0.15, 0.2) is 0 Å². The summed E-state index contributed by atoms with van der Waals surface area (Å²) < 4.78 is 0. The van der Waals surface area contributed by atoms with Gasteiger partial charge in [-0.25, -0.2) is 0 Å². The predicted molar refractivity (Wildman–Crippen MR) is 67.9 cm³/mol. The van der Waals surface area contributed by atoms with E-state index in [1.54, 1.807) is 6.92 Å². The molecule has 92 valence electrons. The predicted octanol–water partition coefficient (Wildman–Crippen LogP) is 2.37. The third-order valence-electron chi connectivity index (χ3n) is 4.29. The summed E-state index contributed by atoms with van der Waals surface area (Å²) in [6, 6.07) is 4.03. The largest absolute Gasteiger partial charge is 0.387 e. The van der Waals surface area contributed by atoms with Crippen molar-refractivity contribution >= 4 is 5.69 Å². The molecule has 0 radical (unpaired) electrons. The summed E-state index contributed by atoms with van der Waals surface area (Å²) in [5, 5.41) is 9.44. The van der Waals surface area contributed by atoms with Gasteiger partial charge in [-0.3, -0.25) is 4.98 Å². The van der Waals surface area contributed by atoms with Crippen molar-refractivity contribution in [3.63, 3.8) is 0 Å². The second-order valence-electron chi connectivity index (χ2n) is 5.47. The molecule has 2 fully saturated rings. The van der Waals surface area contributed by atoms with Gasteiger partial charge in [-0.1, -0.05) is 6.42 Å². The van der Waals surface area contributed by atoms with E-state index in [-0.39, 0.29) is 0 Å². The highest BCUT2D eigenvalue weighted by Gasteiger charge is 2.36. The first-order chi connectivity index (χ1) is 8.24. The number of fused-ring (bicyclic) bond motifs is 1. The van der Waals surface area contributed by atoms with Crippen LogP contribution in [0.2, 0.25) is 0 Å². The van der Waals surface area contributed by atoms with Gasteiger partial charge >= 0.3 is 0 Å². The monoisotopic (exact) mass is 232 g/mol. The molecule has 1 aromatic heterocycles. The molecule has 3 nitrogen and oxygen atoms in total. The van der Waals surface area contributed by atoms with Crippen molar-refractivity contribution in [1.82, 2.24) is 4.98 Å². The van der Waals surface area contributed by atoms with Gasteiger partial charge < -0.3 is 10.0 Å². The highest BCUT2D eigenvalue weighted by molar-refractivity contribution is 5.46. The first-order valence-corrected chi connectivity index (χ1v) is 6.63. The van der Waals surface area contributed by atoms with E-state index in [0.717, 1.165) is 17.5 Å². The molecule has 1 N–H and O–H groups in total. The lowest BCUT2D eigenvalue weighted by Gasteiger charge is -2.19. The van der Waals surface area contributed by atoms with Gasteiger partial charge in [0.1, 0.15) is 0 Å². The molecule has 3 heteroatoms. The summed E-state index contributed by atoms with van der Waals surface area (Å²) in [4.78, 5) is 6.78. The van der Waals surface area contributed by atoms with Crippen LogP contribution < -0.4 is 4.90 Å². The Balaban J connectivity index is 1.73. The minimum absolute atomic E-state index is 0.470. The minimum atomic E-state index is -0.470. The van der Waals surface area contributed by atoms with Crippen LogP contribution in [0.3, 0.4) is 0 Å². The number of aliphatic hydroxyl groups excluding tert-OH is 1. The standard InChI is InChI=1S/C14H20N2O/c1-10(17)14-6-5-13(7-15-14)16-8-11-3-2-4-12(11)9-16/h5-7,10-12,17H,2-4,8-9H2,1H3. The molecule has 0 spiro atoms. The van der Waals surface area contributed by atoms with E-state index in [1.807, 2.05) is 12.3 Å². The molecule has 0 amide bonds. The maximum absolute atomic E-state index is 9.44. The number of aromatic nitrogens is 1. The summed E-state index contributed by atoms with van der Waals surface area (Å²) in [7, 11) is 0. The van der Waals surface area contributed by atoms with Crippen LogP contribution in [0.1, 0.15) is 38.0 Å². The van der Waals surface area contributed by atoms with Gasteiger partial charge in [0, 0.05) is 13.1 Å². The summed E-state index contributed by atoms with van der Waals surface area (Å²) in [5.74, 6) is 1.82. The van der Waals surface area contributed by atoms with Crippen molar-refractivity contribution in [1.29, 1.82) is 0 Å². The summed E-state index contributed by atoms with van der Waals surface area (Å²) in [5.41, 5.74) is 1.97. The molecule has 2 heterocycles. The number of anilines is 1. The van der Waals surface area contributed by atoms with Crippen molar-refractivity contribution in [2.45, 2.75) is 32.3 Å². The van der Waals surface area contributed by atoms with Crippen LogP contribution in [0.4, 0.5) is 5.69 Å². The van der Waals surface area contributed by atoms with Crippen molar-refractivity contribution in [2.75, 3.05) is 18.0 Å². The molecule has 3 rings (SSSR count). The van der Waals surface area contributed by atoms with Crippen LogP contribution in [-0.4, -0.2) is 23.2 Å². The van der Waals surface area contributed by atoms with Gasteiger partial charge in [-0.15, -0.1) is 0 Å². The first kappa shape index (κ1) is 11.0. The molecule has 2 aliphatic rings. The maximum atomic E-state index is 9.44. The number of pyridine rings is 1. The molecule has 3 atom stereocenters. The normalized spacial score (nSPS) is 29.4. The molecule has 1 saturated heterocycles. The average Bonchev–Trinajstić information content (AvgIpc) is 2.89. The second-order valence-corrected chi connectivity index (χ2v) is 5.47. The highest BCUT2D eigenvalue weighted by atomic mass is 16.3. The van der Waals surface area contributed by atoms with E-state index in [1.165, 1.54) is 38.0 Å². The number of hydrogen-bond acceptors (Lipinski definition) is 3. The van der Waals surface area contributed by atoms with Crippen LogP contribution in [0.15, 0.2) is 18.3 Å². The fourth-order valence-electron chi connectivity index (χ4n) is 3.28. The summed E-state index contributed by atoms with van der Waals surface area (Å²) in [6.07, 6.45) is 5.66. The third kappa shape index (κ3) is 2.04. The number of hydrogen-bond donors (Lipinski definition) is 1. The zero-order chi connectivity index (χ0) is 11.8. The third-order valence-corrected chi connectivity index (χ3v) is 4.29. The zero-order valence-electron chi connectivity index (χ0n) is 10.3. The van der Waals surface area contributed by atoms with Crippen molar-refractivity contribution in [3.8, 4) is 0 Å². The van der Waals surface area contributed by atoms with E-state index < -0.39 is 6.10 Å². The highest BCUT2D eigenvalue weighted by Crippen LogP contribution is 2.39. The Morgan fingerprint density at radius 2 is 2.00 bits per heavy atom. The summed E-state index contributed by atoms with van der Waals surface area (Å²) in [6.45, 7) is 4.14. The molecular formula is C14H20N2O. The Morgan fingerprint density at radius 1 is 1.29 bits per heavy atom. The lowest BCUT2D eigenvalue weighted by atomic mass is 10.0. The Bertz CT molecular complexity index is 376. The van der Waals surface area contributed by atoms with Crippen LogP contribution in [-0.2, 0) is 0 Å². The topological polar surface area (TPSA) is 36.4 Å². The van der Waals surface area contributed by atoms with Gasteiger partial charge in [-0.2, -0.15) is 0 Å². The van der Waals surface area contributed by atoms with Crippen molar-refractivity contribution in [3.05, 3.63) is 24.0 Å². The van der Waals surface area contributed by atoms with Crippen LogP contribution in [0, 0.1) is 11.8 Å². The number of rotatable bonds is 2. The van der Waals surface area contributed by atoms with Crippen LogP contribution in [0.5, 0.6) is 0 Å². The van der Waals surface area contributed by atoms with Gasteiger partial charge in [-0.05, 0) is 43.7 Å². The Hall–Kier alpha value is -1.09. The van der Waals surface area contributed by atoms with E-state index in [4.69, 9.17) is 0 Å². The molecule has 1 aliphatic heterocycles. The molecular weight excluding hydrogens is 212 g/mol. The van der Waals surface area contributed by atoms with Crippen LogP contribution in [0.25, 0.3) is 0 Å². The summed E-state index contributed by atoms with van der Waals surface area (Å²) >= 11 is 0. The lowest BCUT2D eigenvalue weighted by molar-refractivity contribution is 0.194. The lowest BCUT2D eigenvalue weighted by Crippen LogP contribution is -2.20. The smallest absolute Gasteiger partial charge is 0.0931 e. The first-order valence-electron chi connectivity index (χ1n) is 6.63. The fourth-order valence-corrected chi connectivity index (χ4v) is 3.28. The van der Waals surface area contributed by atoms with E-state index in [9.17, 15) is 5.11 Å². The van der Waals surface area contributed by atoms with E-state index in [2.05, 4.69) is 16.0 Å². The fraction of sp³-hybridized carbons (Fsp3) is 0.643. The molecule has 1 aromatic rings. The van der Waals surface area contributed by atoms with Gasteiger partial charge in [0.2, 0.25) is 0 Å².